The number of nitrogens with one attached hydrogen (secondary N) is 2. The molecule has 0 aliphatic rings. The zero-order valence-corrected chi connectivity index (χ0v) is 12.7. The van der Waals surface area contributed by atoms with Gasteiger partial charge >= 0.3 is 0 Å². The number of carbonyl (C=O) groups is 1. The number of amides is 1. The molecule has 2 unspecified atom stereocenters. The lowest BCUT2D eigenvalue weighted by Gasteiger charge is -2.22. The summed E-state index contributed by atoms with van der Waals surface area (Å²) in [5, 5.41) is 6.40. The lowest BCUT2D eigenvalue weighted by atomic mass is 10.1. The Balaban J connectivity index is 3.95. The summed E-state index contributed by atoms with van der Waals surface area (Å²) in [5.74, 6) is 2.30. The highest BCUT2D eigenvalue weighted by molar-refractivity contribution is 7.99. The number of rotatable bonds is 9. The van der Waals surface area contributed by atoms with Crippen LogP contribution < -0.4 is 10.6 Å². The highest BCUT2D eigenvalue weighted by atomic mass is 32.2. The largest absolute Gasteiger partial charge is 0.352 e. The van der Waals surface area contributed by atoms with Crippen LogP contribution in [0.1, 0.15) is 47.5 Å². The van der Waals surface area contributed by atoms with E-state index in [4.69, 9.17) is 0 Å². The summed E-state index contributed by atoms with van der Waals surface area (Å²) in [6, 6.07) is 0.581. The van der Waals surface area contributed by atoms with Crippen molar-refractivity contribution >= 4 is 17.7 Å². The van der Waals surface area contributed by atoms with Crippen molar-refractivity contribution in [2.45, 2.75) is 65.6 Å². The van der Waals surface area contributed by atoms with Gasteiger partial charge in [0.1, 0.15) is 0 Å². The summed E-state index contributed by atoms with van der Waals surface area (Å²) < 4.78 is 0. The summed E-state index contributed by atoms with van der Waals surface area (Å²) in [6.07, 6.45) is 1.99. The van der Waals surface area contributed by atoms with Crippen molar-refractivity contribution in [1.82, 2.24) is 10.6 Å². The maximum absolute atomic E-state index is 11.9. The quantitative estimate of drug-likeness (QED) is 0.669. The molecule has 0 spiro atoms. The van der Waals surface area contributed by atoms with Gasteiger partial charge in [-0.15, -0.1) is 0 Å². The molecule has 0 heterocycles. The normalized spacial score (nSPS) is 14.7. The Kier molecular flexibility index (Phi) is 9.65. The molecule has 4 heteroatoms. The van der Waals surface area contributed by atoms with Gasteiger partial charge in [-0.25, -0.2) is 0 Å². The minimum absolute atomic E-state index is 0.108. The van der Waals surface area contributed by atoms with Gasteiger partial charge in [0.15, 0.2) is 0 Å². The Morgan fingerprint density at radius 3 is 2.24 bits per heavy atom. The van der Waals surface area contributed by atoms with Crippen LogP contribution in [-0.4, -0.2) is 35.5 Å². The number of thioether (sulfide) groups is 1. The predicted octanol–water partition coefficient (Wildman–Crippen LogP) is 2.41. The Morgan fingerprint density at radius 2 is 1.76 bits per heavy atom. The van der Waals surface area contributed by atoms with Gasteiger partial charge in [0.25, 0.3) is 0 Å². The van der Waals surface area contributed by atoms with E-state index in [1.165, 1.54) is 0 Å². The second kappa shape index (κ2) is 9.77. The van der Waals surface area contributed by atoms with Gasteiger partial charge in [-0.1, -0.05) is 20.8 Å². The van der Waals surface area contributed by atoms with E-state index < -0.39 is 0 Å². The van der Waals surface area contributed by atoms with Crippen molar-refractivity contribution in [1.29, 1.82) is 0 Å². The Morgan fingerprint density at radius 1 is 1.18 bits per heavy atom. The van der Waals surface area contributed by atoms with Crippen LogP contribution in [0.15, 0.2) is 0 Å². The first-order valence-corrected chi connectivity index (χ1v) is 7.84. The van der Waals surface area contributed by atoms with Crippen LogP contribution >= 0.6 is 11.8 Å². The molecular formula is C13H28N2OS. The van der Waals surface area contributed by atoms with Crippen LogP contribution in [-0.2, 0) is 4.79 Å². The molecule has 0 saturated carbocycles. The molecule has 0 aliphatic carbocycles. The Labute approximate surface area is 111 Å². The highest BCUT2D eigenvalue weighted by Gasteiger charge is 2.17. The molecule has 0 fully saturated rings. The van der Waals surface area contributed by atoms with Crippen molar-refractivity contribution in [3.8, 4) is 0 Å². The molecule has 17 heavy (non-hydrogen) atoms. The first kappa shape index (κ1) is 16.8. The molecule has 2 N–H and O–H groups in total. The van der Waals surface area contributed by atoms with Crippen LogP contribution in [0, 0.1) is 0 Å². The summed E-state index contributed by atoms with van der Waals surface area (Å²) in [7, 11) is 0. The highest BCUT2D eigenvalue weighted by Crippen LogP contribution is 2.03. The van der Waals surface area contributed by atoms with Gasteiger partial charge in [-0.3, -0.25) is 4.79 Å². The van der Waals surface area contributed by atoms with Crippen LogP contribution in [0.3, 0.4) is 0 Å². The molecule has 0 aromatic carbocycles. The van der Waals surface area contributed by atoms with E-state index in [2.05, 4.69) is 38.3 Å². The molecule has 0 rings (SSSR count). The third-order valence-corrected chi connectivity index (χ3v) is 3.98. The Hall–Kier alpha value is -0.220. The molecule has 0 bridgehead atoms. The van der Waals surface area contributed by atoms with Crippen molar-refractivity contribution in [3.63, 3.8) is 0 Å². The minimum atomic E-state index is -0.108. The molecule has 1 amide bonds. The summed E-state index contributed by atoms with van der Waals surface area (Å²) in [4.78, 5) is 11.9. The van der Waals surface area contributed by atoms with E-state index in [9.17, 15) is 4.79 Å². The molecule has 3 nitrogen and oxygen atoms in total. The fourth-order valence-corrected chi connectivity index (χ4v) is 2.35. The average Bonchev–Trinajstić information content (AvgIpc) is 2.32. The van der Waals surface area contributed by atoms with Crippen molar-refractivity contribution in [2.75, 3.05) is 11.5 Å². The molecule has 0 saturated heterocycles. The van der Waals surface area contributed by atoms with E-state index in [-0.39, 0.29) is 11.9 Å². The molecule has 0 aliphatic heterocycles. The zero-order chi connectivity index (χ0) is 13.3. The number of carbonyl (C=O) groups excluding carboxylic acids is 1. The van der Waals surface area contributed by atoms with Gasteiger partial charge in [-0.2, -0.15) is 11.8 Å². The van der Waals surface area contributed by atoms with Crippen LogP contribution in [0.5, 0.6) is 0 Å². The zero-order valence-electron chi connectivity index (χ0n) is 11.9. The second-order valence-corrected chi connectivity index (χ2v) is 5.79. The standard InChI is InChI=1S/C13H28N2OS/c1-6-12(7-2)15-13(16)11(5)14-10(4)9-17-8-3/h10-12,14H,6-9H2,1-5H3,(H,15,16). The van der Waals surface area contributed by atoms with Crippen molar-refractivity contribution in [3.05, 3.63) is 0 Å². The van der Waals surface area contributed by atoms with Crippen LogP contribution in [0.4, 0.5) is 0 Å². The van der Waals surface area contributed by atoms with E-state index in [0.29, 0.717) is 12.1 Å². The first-order valence-electron chi connectivity index (χ1n) is 6.69. The maximum atomic E-state index is 11.9. The molecule has 2 atom stereocenters. The fourth-order valence-electron chi connectivity index (χ4n) is 1.66. The third-order valence-electron chi connectivity index (χ3n) is 2.83. The third kappa shape index (κ3) is 7.66. The summed E-state index contributed by atoms with van der Waals surface area (Å²) in [5.41, 5.74) is 0. The van der Waals surface area contributed by atoms with Gasteiger partial charge < -0.3 is 10.6 Å². The van der Waals surface area contributed by atoms with Gasteiger partial charge in [0.2, 0.25) is 5.91 Å². The minimum Gasteiger partial charge on any atom is -0.352 e. The van der Waals surface area contributed by atoms with Gasteiger partial charge in [-0.05, 0) is 32.4 Å². The van der Waals surface area contributed by atoms with E-state index in [0.717, 1.165) is 24.3 Å². The lowest BCUT2D eigenvalue weighted by Crippen LogP contribution is -2.49. The van der Waals surface area contributed by atoms with E-state index in [1.807, 2.05) is 18.7 Å². The monoisotopic (exact) mass is 260 g/mol. The molecule has 0 aromatic rings. The Bertz CT molecular complexity index is 208. The van der Waals surface area contributed by atoms with E-state index in [1.54, 1.807) is 0 Å². The second-order valence-electron chi connectivity index (χ2n) is 4.47. The summed E-state index contributed by atoms with van der Waals surface area (Å²) >= 11 is 1.90. The molecular weight excluding hydrogens is 232 g/mol. The van der Waals surface area contributed by atoms with Gasteiger partial charge in [0.05, 0.1) is 6.04 Å². The number of hydrogen-bond donors (Lipinski definition) is 2. The fraction of sp³-hybridized carbons (Fsp3) is 0.923. The molecule has 0 aromatic heterocycles. The van der Waals surface area contributed by atoms with E-state index >= 15 is 0 Å². The van der Waals surface area contributed by atoms with Crippen LogP contribution in [0.25, 0.3) is 0 Å². The SMILES string of the molecule is CCSCC(C)NC(C)C(=O)NC(CC)CC. The average molecular weight is 260 g/mol. The van der Waals surface area contributed by atoms with Crippen molar-refractivity contribution < 1.29 is 4.79 Å². The van der Waals surface area contributed by atoms with Crippen molar-refractivity contribution in [2.24, 2.45) is 0 Å². The first-order chi connectivity index (χ1) is 8.04. The maximum Gasteiger partial charge on any atom is 0.237 e. The predicted molar refractivity (Wildman–Crippen MR) is 77.6 cm³/mol. The van der Waals surface area contributed by atoms with Crippen LogP contribution in [0.2, 0.25) is 0 Å². The molecule has 102 valence electrons. The topological polar surface area (TPSA) is 41.1 Å². The lowest BCUT2D eigenvalue weighted by molar-refractivity contribution is -0.123. The number of hydrogen-bond acceptors (Lipinski definition) is 3. The molecule has 0 radical (unpaired) electrons. The van der Waals surface area contributed by atoms with Gasteiger partial charge in [0, 0.05) is 17.8 Å². The summed E-state index contributed by atoms with van der Waals surface area (Å²) in [6.45, 7) is 10.4. The smallest absolute Gasteiger partial charge is 0.237 e.